The standard InChI is InChI=1S/C28H26O14/c29-13-3-1-11(2-4-13)19-9-16(31)22-15(30)7-14(8-20(22)41-19)40-28-26(37)25(36)24(35)21(42-28)10-39-27(38)12-5-17(32)23(34)18(33)6-12/h1-8,19,21,24-26,28-30,32-37H,9-10H2/t19-,21-,24-,25+,26-,28-/m1/s1. The third-order valence-electron chi connectivity index (χ3n) is 6.84. The number of phenols is 5. The van der Waals surface area contributed by atoms with Crippen molar-refractivity contribution in [1.82, 2.24) is 0 Å². The molecule has 5 rings (SSSR count). The second-order valence-corrected chi connectivity index (χ2v) is 9.73. The van der Waals surface area contributed by atoms with Gasteiger partial charge in [-0.3, -0.25) is 4.79 Å². The lowest BCUT2D eigenvalue weighted by atomic mass is 9.95. The molecule has 42 heavy (non-hydrogen) atoms. The number of aliphatic hydroxyl groups is 3. The van der Waals surface area contributed by atoms with Gasteiger partial charge in [0.25, 0.3) is 0 Å². The Hall–Kier alpha value is -4.76. The number of Topliss-reactive ketones (excluding diaryl/α,β-unsaturated/α-hetero) is 1. The summed E-state index contributed by atoms with van der Waals surface area (Å²) in [6.07, 6.45) is -9.26. The molecule has 3 aromatic rings. The lowest BCUT2D eigenvalue weighted by Crippen LogP contribution is -2.60. The Morgan fingerprint density at radius 3 is 2.19 bits per heavy atom. The maximum atomic E-state index is 12.8. The lowest BCUT2D eigenvalue weighted by Gasteiger charge is -2.40. The van der Waals surface area contributed by atoms with Crippen LogP contribution >= 0.6 is 0 Å². The fourth-order valence-electron chi connectivity index (χ4n) is 4.61. The fraction of sp³-hybridized carbons (Fsp3) is 0.286. The summed E-state index contributed by atoms with van der Waals surface area (Å²) in [5.74, 6) is -4.52. The summed E-state index contributed by atoms with van der Waals surface area (Å²) in [5.41, 5.74) is 0.163. The van der Waals surface area contributed by atoms with E-state index in [-0.39, 0.29) is 34.8 Å². The molecule has 0 aliphatic carbocycles. The van der Waals surface area contributed by atoms with E-state index < -0.39 is 78.2 Å². The molecule has 0 saturated carbocycles. The molecular weight excluding hydrogens is 560 g/mol. The quantitative estimate of drug-likeness (QED) is 0.149. The predicted octanol–water partition coefficient (Wildman–Crippen LogP) is 0.964. The van der Waals surface area contributed by atoms with Gasteiger partial charge < -0.3 is 59.8 Å². The van der Waals surface area contributed by atoms with Crippen molar-refractivity contribution in [2.75, 3.05) is 6.61 Å². The van der Waals surface area contributed by atoms with E-state index in [1.54, 1.807) is 12.1 Å². The second kappa shape index (κ2) is 11.3. The van der Waals surface area contributed by atoms with Crippen LogP contribution in [0.15, 0.2) is 48.5 Å². The molecule has 0 amide bonds. The maximum Gasteiger partial charge on any atom is 0.338 e. The van der Waals surface area contributed by atoms with Gasteiger partial charge in [-0.1, -0.05) is 12.1 Å². The SMILES string of the molecule is O=C(OC[C@H]1O[C@@H](Oc2cc(O)c3c(c2)O[C@@H](c2ccc(O)cc2)CC3=O)[C@H](O)[C@@H](O)[C@@H]1O)c1cc(O)c(O)c(O)c1. The number of carbonyl (C=O) groups is 2. The molecule has 2 aliphatic rings. The number of rotatable bonds is 6. The minimum Gasteiger partial charge on any atom is -0.508 e. The number of hydrogen-bond acceptors (Lipinski definition) is 14. The first kappa shape index (κ1) is 28.8. The van der Waals surface area contributed by atoms with Crippen molar-refractivity contribution >= 4 is 11.8 Å². The van der Waals surface area contributed by atoms with Gasteiger partial charge in [-0.2, -0.15) is 0 Å². The molecule has 0 bridgehead atoms. The summed E-state index contributed by atoms with van der Waals surface area (Å²) < 4.78 is 22.1. The number of benzene rings is 3. The number of hydrogen-bond donors (Lipinski definition) is 8. The molecule has 0 radical (unpaired) electrons. The first-order valence-corrected chi connectivity index (χ1v) is 12.6. The molecular formula is C28H26O14. The minimum absolute atomic E-state index is 0.0278. The van der Waals surface area contributed by atoms with Gasteiger partial charge >= 0.3 is 5.97 Å². The number of ether oxygens (including phenoxy) is 4. The number of aliphatic hydroxyl groups excluding tert-OH is 3. The second-order valence-electron chi connectivity index (χ2n) is 9.73. The molecule has 0 aromatic heterocycles. The topological polar surface area (TPSA) is 233 Å². The van der Waals surface area contributed by atoms with Gasteiger partial charge in [0.2, 0.25) is 6.29 Å². The van der Waals surface area contributed by atoms with Crippen molar-refractivity contribution in [2.24, 2.45) is 0 Å². The zero-order valence-electron chi connectivity index (χ0n) is 21.5. The summed E-state index contributed by atoms with van der Waals surface area (Å²) in [5, 5.41) is 80.0. The molecule has 222 valence electrons. The third-order valence-corrected chi connectivity index (χ3v) is 6.84. The fourth-order valence-corrected chi connectivity index (χ4v) is 4.61. The zero-order valence-corrected chi connectivity index (χ0v) is 21.5. The molecule has 6 atom stereocenters. The normalized spacial score (nSPS) is 25.3. The lowest BCUT2D eigenvalue weighted by molar-refractivity contribution is -0.277. The molecule has 8 N–H and O–H groups in total. The highest BCUT2D eigenvalue weighted by Gasteiger charge is 2.46. The van der Waals surface area contributed by atoms with Crippen LogP contribution in [0.5, 0.6) is 40.2 Å². The number of ketones is 1. The van der Waals surface area contributed by atoms with Crippen LogP contribution in [0.1, 0.15) is 38.8 Å². The molecule has 0 spiro atoms. The Balaban J connectivity index is 1.31. The first-order chi connectivity index (χ1) is 19.9. The smallest absolute Gasteiger partial charge is 0.338 e. The number of fused-ring (bicyclic) bond motifs is 1. The molecule has 14 nitrogen and oxygen atoms in total. The number of esters is 1. The van der Waals surface area contributed by atoms with Crippen LogP contribution in [0.25, 0.3) is 0 Å². The zero-order chi connectivity index (χ0) is 30.3. The van der Waals surface area contributed by atoms with Gasteiger partial charge in [0.1, 0.15) is 65.7 Å². The van der Waals surface area contributed by atoms with Crippen molar-refractivity contribution in [2.45, 2.75) is 43.2 Å². The minimum atomic E-state index is -1.82. The van der Waals surface area contributed by atoms with Crippen molar-refractivity contribution < 1.29 is 69.4 Å². The van der Waals surface area contributed by atoms with Crippen molar-refractivity contribution in [3.8, 4) is 40.2 Å². The summed E-state index contributed by atoms with van der Waals surface area (Å²) in [6, 6.07) is 10.0. The van der Waals surface area contributed by atoms with Gasteiger partial charge in [0.15, 0.2) is 23.0 Å². The molecule has 2 aliphatic heterocycles. The van der Waals surface area contributed by atoms with Crippen LogP contribution < -0.4 is 9.47 Å². The van der Waals surface area contributed by atoms with Gasteiger partial charge in [0, 0.05) is 12.1 Å². The summed E-state index contributed by atoms with van der Waals surface area (Å²) in [6.45, 7) is -0.673. The van der Waals surface area contributed by atoms with Crippen LogP contribution in [0.2, 0.25) is 0 Å². The average Bonchev–Trinajstić information content (AvgIpc) is 2.95. The van der Waals surface area contributed by atoms with Crippen LogP contribution in [-0.4, -0.2) is 89.9 Å². The highest BCUT2D eigenvalue weighted by Crippen LogP contribution is 2.43. The van der Waals surface area contributed by atoms with Gasteiger partial charge in [-0.25, -0.2) is 4.79 Å². The van der Waals surface area contributed by atoms with E-state index >= 15 is 0 Å². The molecule has 3 aromatic carbocycles. The monoisotopic (exact) mass is 586 g/mol. The van der Waals surface area contributed by atoms with E-state index in [4.69, 9.17) is 18.9 Å². The maximum absolute atomic E-state index is 12.8. The molecule has 1 saturated heterocycles. The van der Waals surface area contributed by atoms with E-state index in [1.807, 2.05) is 0 Å². The van der Waals surface area contributed by atoms with Crippen LogP contribution in [0.4, 0.5) is 0 Å². The Kier molecular flexibility index (Phi) is 7.71. The van der Waals surface area contributed by atoms with Crippen molar-refractivity contribution in [3.63, 3.8) is 0 Å². The number of aromatic hydroxyl groups is 5. The van der Waals surface area contributed by atoms with Gasteiger partial charge in [-0.15, -0.1) is 0 Å². The van der Waals surface area contributed by atoms with E-state index in [0.717, 1.165) is 18.2 Å². The Morgan fingerprint density at radius 1 is 0.857 bits per heavy atom. The van der Waals surface area contributed by atoms with Crippen LogP contribution in [-0.2, 0) is 9.47 Å². The highest BCUT2D eigenvalue weighted by atomic mass is 16.7. The summed E-state index contributed by atoms with van der Waals surface area (Å²) in [4.78, 5) is 25.2. The largest absolute Gasteiger partial charge is 0.508 e. The average molecular weight is 587 g/mol. The third kappa shape index (κ3) is 5.56. The van der Waals surface area contributed by atoms with Crippen molar-refractivity contribution in [3.05, 3.63) is 65.2 Å². The molecule has 14 heteroatoms. The van der Waals surface area contributed by atoms with Gasteiger partial charge in [-0.05, 0) is 29.8 Å². The highest BCUT2D eigenvalue weighted by molar-refractivity contribution is 6.02. The van der Waals surface area contributed by atoms with Crippen molar-refractivity contribution in [1.29, 1.82) is 0 Å². The molecule has 0 unspecified atom stereocenters. The van der Waals surface area contributed by atoms with Crippen LogP contribution in [0.3, 0.4) is 0 Å². The summed E-state index contributed by atoms with van der Waals surface area (Å²) in [7, 11) is 0. The molecule has 2 heterocycles. The van der Waals surface area contributed by atoms with E-state index in [2.05, 4.69) is 0 Å². The first-order valence-electron chi connectivity index (χ1n) is 12.6. The predicted molar refractivity (Wildman–Crippen MR) is 138 cm³/mol. The Bertz CT molecular complexity index is 1480. The van der Waals surface area contributed by atoms with Gasteiger partial charge in [0.05, 0.1) is 12.0 Å². The number of carbonyl (C=O) groups excluding carboxylic acids is 2. The van der Waals surface area contributed by atoms with E-state index in [0.29, 0.717) is 5.56 Å². The Morgan fingerprint density at radius 2 is 1.52 bits per heavy atom. The number of phenolic OH excluding ortho intramolecular Hbond substituents is 5. The summed E-state index contributed by atoms with van der Waals surface area (Å²) >= 11 is 0. The van der Waals surface area contributed by atoms with E-state index in [9.17, 15) is 50.4 Å². The molecule has 1 fully saturated rings. The van der Waals surface area contributed by atoms with E-state index in [1.165, 1.54) is 18.2 Å². The Labute approximate surface area is 236 Å². The van der Waals surface area contributed by atoms with Crippen LogP contribution in [0, 0.1) is 0 Å².